The van der Waals surface area contributed by atoms with Crippen molar-refractivity contribution in [3.63, 3.8) is 0 Å². The summed E-state index contributed by atoms with van der Waals surface area (Å²) in [6.45, 7) is 0. The number of rotatable bonds is 3. The summed E-state index contributed by atoms with van der Waals surface area (Å²) < 4.78 is 37.6. The van der Waals surface area contributed by atoms with Crippen LogP contribution in [-0.2, 0) is 11.0 Å². The van der Waals surface area contributed by atoms with E-state index in [4.69, 9.17) is 22.4 Å². The van der Waals surface area contributed by atoms with Crippen molar-refractivity contribution in [2.24, 2.45) is 5.73 Å². The first-order valence-corrected chi connectivity index (χ1v) is 5.05. The fourth-order valence-electron chi connectivity index (χ4n) is 1.29. The Morgan fingerprint density at radius 3 is 2.39 bits per heavy atom. The third kappa shape index (κ3) is 3.12. The van der Waals surface area contributed by atoms with Gasteiger partial charge in [-0.3, -0.25) is 4.79 Å². The third-order valence-corrected chi connectivity index (χ3v) is 2.59. The molecule has 8 heteroatoms. The number of hydrogen-bond donors (Lipinski definition) is 3. The van der Waals surface area contributed by atoms with Crippen LogP contribution in [0.5, 0.6) is 0 Å². The van der Waals surface area contributed by atoms with E-state index >= 15 is 0 Å². The molecule has 0 aliphatic heterocycles. The van der Waals surface area contributed by atoms with Gasteiger partial charge in [0.1, 0.15) is 12.1 Å². The topological polar surface area (TPSA) is 83.6 Å². The van der Waals surface area contributed by atoms with E-state index in [9.17, 15) is 23.1 Å². The van der Waals surface area contributed by atoms with Gasteiger partial charge in [0.2, 0.25) is 0 Å². The maximum Gasteiger partial charge on any atom is 0.417 e. The van der Waals surface area contributed by atoms with Gasteiger partial charge in [0.25, 0.3) is 0 Å². The summed E-state index contributed by atoms with van der Waals surface area (Å²) in [6.07, 6.45) is -6.44. The second kappa shape index (κ2) is 5.13. The normalized spacial score (nSPS) is 15.2. The first-order chi connectivity index (χ1) is 8.14. The molecule has 0 spiro atoms. The SMILES string of the molecule is NC(C(=O)O)C(O)c1ccc(Cl)c(C(F)(F)F)c1. The van der Waals surface area contributed by atoms with Crippen molar-refractivity contribution in [2.75, 3.05) is 0 Å². The minimum Gasteiger partial charge on any atom is -0.480 e. The fraction of sp³-hybridized carbons (Fsp3) is 0.300. The Balaban J connectivity index is 3.17. The molecular weight excluding hydrogens is 275 g/mol. The lowest BCUT2D eigenvalue weighted by molar-refractivity contribution is -0.141. The molecule has 100 valence electrons. The summed E-state index contributed by atoms with van der Waals surface area (Å²) in [6, 6.07) is 0.880. The van der Waals surface area contributed by atoms with Crippen molar-refractivity contribution in [1.82, 2.24) is 0 Å². The number of halogens is 4. The van der Waals surface area contributed by atoms with E-state index in [2.05, 4.69) is 0 Å². The van der Waals surface area contributed by atoms with E-state index in [0.29, 0.717) is 6.07 Å². The zero-order valence-corrected chi connectivity index (χ0v) is 9.53. The average Bonchev–Trinajstić information content (AvgIpc) is 2.26. The van der Waals surface area contributed by atoms with Crippen LogP contribution in [-0.4, -0.2) is 22.2 Å². The molecule has 2 atom stereocenters. The van der Waals surface area contributed by atoms with Crippen molar-refractivity contribution >= 4 is 17.6 Å². The fourth-order valence-corrected chi connectivity index (χ4v) is 1.51. The number of nitrogens with two attached hydrogens (primary N) is 1. The van der Waals surface area contributed by atoms with Gasteiger partial charge in [0.15, 0.2) is 0 Å². The van der Waals surface area contributed by atoms with Crippen molar-refractivity contribution in [3.05, 3.63) is 34.3 Å². The van der Waals surface area contributed by atoms with Crippen LogP contribution in [0, 0.1) is 0 Å². The van der Waals surface area contributed by atoms with Gasteiger partial charge >= 0.3 is 12.1 Å². The predicted molar refractivity (Wildman–Crippen MR) is 57.0 cm³/mol. The molecule has 0 aliphatic carbocycles. The van der Waals surface area contributed by atoms with E-state index in [1.807, 2.05) is 0 Å². The summed E-state index contributed by atoms with van der Waals surface area (Å²) in [5.74, 6) is -1.52. The van der Waals surface area contributed by atoms with Crippen LogP contribution in [0.15, 0.2) is 18.2 Å². The molecule has 0 aliphatic rings. The van der Waals surface area contributed by atoms with E-state index < -0.39 is 34.9 Å². The second-order valence-corrected chi connectivity index (χ2v) is 3.95. The van der Waals surface area contributed by atoms with Crippen LogP contribution in [0.2, 0.25) is 5.02 Å². The molecule has 1 aromatic carbocycles. The Labute approximate surface area is 105 Å². The lowest BCUT2D eigenvalue weighted by atomic mass is 10.0. The molecule has 0 saturated carbocycles. The maximum atomic E-state index is 12.5. The summed E-state index contributed by atoms with van der Waals surface area (Å²) in [4.78, 5) is 10.5. The highest BCUT2D eigenvalue weighted by Gasteiger charge is 2.34. The molecule has 0 aromatic heterocycles. The number of aliphatic carboxylic acids is 1. The van der Waals surface area contributed by atoms with E-state index in [0.717, 1.165) is 12.1 Å². The Morgan fingerprint density at radius 2 is 1.94 bits per heavy atom. The number of aliphatic hydroxyl groups excluding tert-OH is 1. The van der Waals surface area contributed by atoms with Crippen LogP contribution in [0.1, 0.15) is 17.2 Å². The zero-order chi connectivity index (χ0) is 14.1. The number of aliphatic hydroxyl groups is 1. The first kappa shape index (κ1) is 14.7. The summed E-state index contributed by atoms with van der Waals surface area (Å²) in [7, 11) is 0. The maximum absolute atomic E-state index is 12.5. The molecule has 2 unspecified atom stereocenters. The minimum atomic E-state index is -4.69. The Kier molecular flexibility index (Phi) is 4.20. The molecule has 0 amide bonds. The van der Waals surface area contributed by atoms with Crippen molar-refractivity contribution in [1.29, 1.82) is 0 Å². The molecule has 0 bridgehead atoms. The summed E-state index contributed by atoms with van der Waals surface area (Å²) in [5.41, 5.74) is 3.71. The van der Waals surface area contributed by atoms with Gasteiger partial charge in [0, 0.05) is 0 Å². The van der Waals surface area contributed by atoms with E-state index in [1.54, 1.807) is 0 Å². The zero-order valence-electron chi connectivity index (χ0n) is 8.78. The molecule has 4 N–H and O–H groups in total. The first-order valence-electron chi connectivity index (χ1n) is 4.67. The Bertz CT molecular complexity index is 464. The second-order valence-electron chi connectivity index (χ2n) is 3.55. The number of benzene rings is 1. The lowest BCUT2D eigenvalue weighted by Gasteiger charge is -2.17. The van der Waals surface area contributed by atoms with Gasteiger partial charge < -0.3 is 15.9 Å². The van der Waals surface area contributed by atoms with Crippen molar-refractivity contribution in [3.8, 4) is 0 Å². The predicted octanol–water partition coefficient (Wildman–Crippen LogP) is 1.80. The van der Waals surface area contributed by atoms with Gasteiger partial charge in [-0.15, -0.1) is 0 Å². The summed E-state index contributed by atoms with van der Waals surface area (Å²) >= 11 is 5.38. The molecule has 1 aromatic rings. The quantitative estimate of drug-likeness (QED) is 0.790. The van der Waals surface area contributed by atoms with Gasteiger partial charge in [-0.2, -0.15) is 13.2 Å². The number of alkyl halides is 3. The van der Waals surface area contributed by atoms with Crippen LogP contribution in [0.4, 0.5) is 13.2 Å². The molecule has 0 saturated heterocycles. The van der Waals surface area contributed by atoms with Crippen LogP contribution in [0.3, 0.4) is 0 Å². The highest BCUT2D eigenvalue weighted by Crippen LogP contribution is 2.36. The molecule has 4 nitrogen and oxygen atoms in total. The largest absolute Gasteiger partial charge is 0.480 e. The van der Waals surface area contributed by atoms with Gasteiger partial charge in [-0.1, -0.05) is 17.7 Å². The molecule has 0 radical (unpaired) electrons. The Hall–Kier alpha value is -1.31. The van der Waals surface area contributed by atoms with Crippen LogP contribution < -0.4 is 5.73 Å². The summed E-state index contributed by atoms with van der Waals surface area (Å²) in [5, 5.41) is 17.5. The van der Waals surface area contributed by atoms with Crippen LogP contribution in [0.25, 0.3) is 0 Å². The molecular formula is C10H9ClF3NO3. The molecule has 18 heavy (non-hydrogen) atoms. The van der Waals surface area contributed by atoms with Crippen molar-refractivity contribution < 1.29 is 28.2 Å². The van der Waals surface area contributed by atoms with E-state index in [1.165, 1.54) is 0 Å². The number of carboxylic acids is 1. The monoisotopic (exact) mass is 283 g/mol. The van der Waals surface area contributed by atoms with Gasteiger partial charge in [-0.05, 0) is 17.7 Å². The number of carboxylic acid groups (broad SMARTS) is 1. The lowest BCUT2D eigenvalue weighted by Crippen LogP contribution is -2.36. The highest BCUT2D eigenvalue weighted by molar-refractivity contribution is 6.31. The minimum absolute atomic E-state index is 0.262. The smallest absolute Gasteiger partial charge is 0.417 e. The Morgan fingerprint density at radius 1 is 1.39 bits per heavy atom. The van der Waals surface area contributed by atoms with E-state index in [-0.39, 0.29) is 5.56 Å². The molecule has 0 heterocycles. The van der Waals surface area contributed by atoms with Crippen LogP contribution >= 0.6 is 11.6 Å². The number of carbonyl (C=O) groups is 1. The third-order valence-electron chi connectivity index (χ3n) is 2.26. The molecule has 0 fully saturated rings. The highest BCUT2D eigenvalue weighted by atomic mass is 35.5. The number of hydrogen-bond acceptors (Lipinski definition) is 3. The van der Waals surface area contributed by atoms with Gasteiger partial charge in [0.05, 0.1) is 10.6 Å². The molecule has 1 rings (SSSR count). The average molecular weight is 284 g/mol. The van der Waals surface area contributed by atoms with Crippen molar-refractivity contribution in [2.45, 2.75) is 18.3 Å². The standard InChI is InChI=1S/C10H9ClF3NO3/c11-6-2-1-4(3-5(6)10(12,13)14)8(16)7(15)9(17)18/h1-3,7-8,16H,15H2,(H,17,18). The van der Waals surface area contributed by atoms with Gasteiger partial charge in [-0.25, -0.2) is 0 Å².